The first-order chi connectivity index (χ1) is 12.5. The molecule has 2 aromatic heterocycles. The summed E-state index contributed by atoms with van der Waals surface area (Å²) in [5, 5.41) is 0. The molecule has 2 aromatic carbocycles. The number of nitrogens with zero attached hydrogens (tertiary/aromatic N) is 2. The fourth-order valence-corrected chi connectivity index (χ4v) is 3.35. The summed E-state index contributed by atoms with van der Waals surface area (Å²) in [6.45, 7) is 6.02. The van der Waals surface area contributed by atoms with Crippen LogP contribution in [0.15, 0.2) is 41.2 Å². The fraction of sp³-hybridized carbons (Fsp3) is 0.250. The topological polar surface area (TPSA) is 83.5 Å². The van der Waals surface area contributed by atoms with Crippen LogP contribution in [0.3, 0.4) is 0 Å². The first-order valence-corrected chi connectivity index (χ1v) is 8.76. The van der Waals surface area contributed by atoms with Gasteiger partial charge in [0.05, 0.1) is 22.1 Å². The van der Waals surface area contributed by atoms with Gasteiger partial charge in [0.15, 0.2) is 5.78 Å². The zero-order valence-electron chi connectivity index (χ0n) is 15.0. The normalized spacial score (nSPS) is 11.7. The average molecular weight is 348 g/mol. The summed E-state index contributed by atoms with van der Waals surface area (Å²) in [7, 11) is 0. The van der Waals surface area contributed by atoms with Gasteiger partial charge in [-0.05, 0) is 30.3 Å². The lowest BCUT2D eigenvalue weighted by Crippen LogP contribution is -2.03. The molecule has 132 valence electrons. The molecule has 0 saturated carbocycles. The SMILES string of the molecule is CCC(=O)c1cccc2c1nc(C(C)C)n2-c1ccc2[nH]c(=O)[nH]c2c1. The predicted molar refractivity (Wildman–Crippen MR) is 102 cm³/mol. The van der Waals surface area contributed by atoms with Gasteiger partial charge in [-0.3, -0.25) is 9.36 Å². The van der Waals surface area contributed by atoms with Crippen molar-refractivity contribution in [3.63, 3.8) is 0 Å². The third kappa shape index (κ3) is 2.45. The molecule has 0 radical (unpaired) electrons. The minimum atomic E-state index is -0.229. The average Bonchev–Trinajstić information content (AvgIpc) is 3.19. The molecule has 2 N–H and O–H groups in total. The molecule has 0 aliphatic carbocycles. The van der Waals surface area contributed by atoms with Crippen LogP contribution >= 0.6 is 0 Å². The minimum absolute atomic E-state index is 0.0842. The summed E-state index contributed by atoms with van der Waals surface area (Å²) in [4.78, 5) is 34.3. The van der Waals surface area contributed by atoms with E-state index in [-0.39, 0.29) is 17.4 Å². The third-order valence-electron chi connectivity index (χ3n) is 4.61. The van der Waals surface area contributed by atoms with E-state index in [1.807, 2.05) is 43.3 Å². The van der Waals surface area contributed by atoms with E-state index in [2.05, 4.69) is 28.4 Å². The van der Waals surface area contributed by atoms with Gasteiger partial charge in [0.1, 0.15) is 5.82 Å². The van der Waals surface area contributed by atoms with Crippen LogP contribution in [0, 0.1) is 0 Å². The maximum atomic E-state index is 12.3. The van der Waals surface area contributed by atoms with Crippen LogP contribution in [-0.4, -0.2) is 25.3 Å². The summed E-state index contributed by atoms with van der Waals surface area (Å²) in [5.74, 6) is 1.14. The van der Waals surface area contributed by atoms with Crippen LogP contribution in [0.5, 0.6) is 0 Å². The van der Waals surface area contributed by atoms with E-state index in [1.165, 1.54) is 0 Å². The van der Waals surface area contributed by atoms with Gasteiger partial charge in [-0.15, -0.1) is 0 Å². The number of aromatic amines is 2. The lowest BCUT2D eigenvalue weighted by atomic mass is 10.1. The molecule has 26 heavy (non-hydrogen) atoms. The second kappa shape index (κ2) is 5.98. The van der Waals surface area contributed by atoms with Crippen LogP contribution in [0.4, 0.5) is 0 Å². The molecule has 4 aromatic rings. The number of carbonyl (C=O) groups is 1. The molecule has 0 fully saturated rings. The second-order valence-corrected chi connectivity index (χ2v) is 6.72. The van der Waals surface area contributed by atoms with E-state index in [9.17, 15) is 9.59 Å². The van der Waals surface area contributed by atoms with Gasteiger partial charge >= 0.3 is 5.69 Å². The van der Waals surface area contributed by atoms with Crippen molar-refractivity contribution in [3.8, 4) is 5.69 Å². The van der Waals surface area contributed by atoms with Crippen molar-refractivity contribution in [1.82, 2.24) is 19.5 Å². The Bertz CT molecular complexity index is 1190. The predicted octanol–water partition coefficient (Wildman–Crippen LogP) is 3.91. The Balaban J connectivity index is 2.04. The summed E-state index contributed by atoms with van der Waals surface area (Å²) in [5.41, 5.74) is 4.45. The quantitative estimate of drug-likeness (QED) is 0.548. The summed E-state index contributed by atoms with van der Waals surface area (Å²) >= 11 is 0. The number of imidazole rings is 2. The molecule has 0 atom stereocenters. The largest absolute Gasteiger partial charge is 0.323 e. The second-order valence-electron chi connectivity index (χ2n) is 6.72. The Hall–Kier alpha value is -3.15. The highest BCUT2D eigenvalue weighted by Gasteiger charge is 2.19. The maximum absolute atomic E-state index is 12.3. The first-order valence-electron chi connectivity index (χ1n) is 8.76. The fourth-order valence-electron chi connectivity index (χ4n) is 3.35. The Labute approximate surface area is 149 Å². The van der Waals surface area contributed by atoms with E-state index in [0.717, 1.165) is 33.6 Å². The number of Topliss-reactive ketones (excluding diaryl/α,β-unsaturated/α-hetero) is 1. The molecule has 0 amide bonds. The zero-order valence-corrected chi connectivity index (χ0v) is 15.0. The number of rotatable bonds is 4. The number of para-hydroxylation sites is 1. The molecule has 6 nitrogen and oxygen atoms in total. The lowest BCUT2D eigenvalue weighted by Gasteiger charge is -2.11. The number of carbonyl (C=O) groups excluding carboxylic acids is 1. The maximum Gasteiger partial charge on any atom is 0.323 e. The van der Waals surface area contributed by atoms with Crippen LogP contribution in [-0.2, 0) is 0 Å². The molecule has 4 rings (SSSR count). The van der Waals surface area contributed by atoms with Crippen molar-refractivity contribution in [2.45, 2.75) is 33.1 Å². The standard InChI is InChI=1S/C20H20N4O2/c1-4-17(25)13-6-5-7-16-18(13)23-19(11(2)3)24(16)12-8-9-14-15(10-12)22-20(26)21-14/h5-11H,4H2,1-3H3,(H2,21,22,26). The van der Waals surface area contributed by atoms with Crippen LogP contribution < -0.4 is 5.69 Å². The van der Waals surface area contributed by atoms with E-state index < -0.39 is 0 Å². The van der Waals surface area contributed by atoms with Gasteiger partial charge < -0.3 is 9.97 Å². The number of ketones is 1. The highest BCUT2D eigenvalue weighted by molar-refractivity contribution is 6.06. The summed E-state index contributed by atoms with van der Waals surface area (Å²) in [6, 6.07) is 11.5. The molecule has 0 saturated heterocycles. The van der Waals surface area contributed by atoms with Gasteiger partial charge in [-0.25, -0.2) is 9.78 Å². The summed E-state index contributed by atoms with van der Waals surface area (Å²) < 4.78 is 2.07. The molecule has 0 bridgehead atoms. The van der Waals surface area contributed by atoms with Gasteiger partial charge in [-0.2, -0.15) is 0 Å². The first kappa shape index (κ1) is 16.3. The van der Waals surface area contributed by atoms with Crippen molar-refractivity contribution in [3.05, 3.63) is 58.3 Å². The molecule has 0 aliphatic rings. The van der Waals surface area contributed by atoms with Gasteiger partial charge in [0.2, 0.25) is 0 Å². The monoisotopic (exact) mass is 348 g/mol. The smallest absolute Gasteiger partial charge is 0.306 e. The van der Waals surface area contributed by atoms with E-state index in [0.29, 0.717) is 12.0 Å². The van der Waals surface area contributed by atoms with E-state index >= 15 is 0 Å². The molecule has 0 unspecified atom stereocenters. The van der Waals surface area contributed by atoms with Crippen LogP contribution in [0.2, 0.25) is 0 Å². The van der Waals surface area contributed by atoms with Crippen molar-refractivity contribution >= 4 is 27.9 Å². The highest BCUT2D eigenvalue weighted by atomic mass is 16.1. The summed E-state index contributed by atoms with van der Waals surface area (Å²) in [6.07, 6.45) is 0.444. The number of fused-ring (bicyclic) bond motifs is 2. The van der Waals surface area contributed by atoms with Gasteiger partial charge in [0.25, 0.3) is 0 Å². The van der Waals surface area contributed by atoms with E-state index in [4.69, 9.17) is 4.98 Å². The van der Waals surface area contributed by atoms with E-state index in [1.54, 1.807) is 0 Å². The van der Waals surface area contributed by atoms with Crippen molar-refractivity contribution in [1.29, 1.82) is 0 Å². The van der Waals surface area contributed by atoms with Crippen LogP contribution in [0.1, 0.15) is 49.3 Å². The number of aromatic nitrogens is 4. The molecule has 2 heterocycles. The third-order valence-corrected chi connectivity index (χ3v) is 4.61. The molecule has 0 spiro atoms. The number of hydrogen-bond acceptors (Lipinski definition) is 3. The molecule has 0 aliphatic heterocycles. The van der Waals surface area contributed by atoms with Crippen molar-refractivity contribution in [2.24, 2.45) is 0 Å². The lowest BCUT2D eigenvalue weighted by molar-refractivity contribution is 0.0989. The molecular weight excluding hydrogens is 328 g/mol. The Morgan fingerprint density at radius 1 is 1.15 bits per heavy atom. The number of nitrogens with one attached hydrogen (secondary N) is 2. The Kier molecular flexibility index (Phi) is 3.76. The number of benzene rings is 2. The number of H-pyrrole nitrogens is 2. The Morgan fingerprint density at radius 2 is 1.92 bits per heavy atom. The van der Waals surface area contributed by atoms with Gasteiger partial charge in [-0.1, -0.05) is 26.8 Å². The zero-order chi connectivity index (χ0) is 18.4. The van der Waals surface area contributed by atoms with Crippen molar-refractivity contribution < 1.29 is 4.79 Å². The number of hydrogen-bond donors (Lipinski definition) is 2. The molecule has 6 heteroatoms. The van der Waals surface area contributed by atoms with Crippen molar-refractivity contribution in [2.75, 3.05) is 0 Å². The highest BCUT2D eigenvalue weighted by Crippen LogP contribution is 2.29. The Morgan fingerprint density at radius 3 is 2.65 bits per heavy atom. The van der Waals surface area contributed by atoms with Crippen LogP contribution in [0.25, 0.3) is 27.8 Å². The molecular formula is C20H20N4O2. The van der Waals surface area contributed by atoms with Gasteiger partial charge in [0, 0.05) is 23.6 Å². The minimum Gasteiger partial charge on any atom is -0.306 e.